The Morgan fingerprint density at radius 2 is 2.11 bits per heavy atom. The first-order chi connectivity index (χ1) is 8.77. The molecule has 1 atom stereocenters. The molecule has 1 aromatic rings. The Bertz CT molecular complexity index is 571. The van der Waals surface area contributed by atoms with Gasteiger partial charge in [0.05, 0.1) is 10.6 Å². The highest BCUT2D eigenvalue weighted by Crippen LogP contribution is 2.23. The summed E-state index contributed by atoms with van der Waals surface area (Å²) >= 11 is 0. The number of nitrogens with zero attached hydrogens (tertiary/aromatic N) is 1. The van der Waals surface area contributed by atoms with E-state index in [2.05, 4.69) is 4.72 Å². The van der Waals surface area contributed by atoms with Crippen LogP contribution in [-0.2, 0) is 10.0 Å². The van der Waals surface area contributed by atoms with Gasteiger partial charge in [-0.25, -0.2) is 13.1 Å². The number of nitrogen functional groups attached to an aromatic ring is 1. The van der Waals surface area contributed by atoms with Gasteiger partial charge in [-0.15, -0.1) is 0 Å². The zero-order chi connectivity index (χ0) is 14.6. The van der Waals surface area contributed by atoms with Crippen LogP contribution in [0.15, 0.2) is 23.1 Å². The second-order valence-electron chi connectivity index (χ2n) is 4.34. The van der Waals surface area contributed by atoms with E-state index in [4.69, 9.17) is 5.73 Å². The number of anilines is 1. The van der Waals surface area contributed by atoms with E-state index < -0.39 is 14.9 Å². The van der Waals surface area contributed by atoms with Gasteiger partial charge in [0.1, 0.15) is 4.90 Å². The molecule has 1 unspecified atom stereocenters. The summed E-state index contributed by atoms with van der Waals surface area (Å²) in [7, 11) is -3.83. The fourth-order valence-corrected chi connectivity index (χ4v) is 2.66. The van der Waals surface area contributed by atoms with E-state index in [0.717, 1.165) is 12.5 Å². The molecule has 7 nitrogen and oxygen atoms in total. The van der Waals surface area contributed by atoms with E-state index in [-0.39, 0.29) is 28.7 Å². The number of nitro benzene ring substituents is 1. The average molecular weight is 287 g/mol. The number of nitrogens with two attached hydrogens (primary N) is 1. The van der Waals surface area contributed by atoms with Crippen molar-refractivity contribution in [2.24, 2.45) is 5.92 Å². The van der Waals surface area contributed by atoms with Gasteiger partial charge >= 0.3 is 0 Å². The lowest BCUT2D eigenvalue weighted by Crippen LogP contribution is -2.28. The normalized spacial score (nSPS) is 13.2. The molecule has 0 bridgehead atoms. The molecule has 0 spiro atoms. The maximum atomic E-state index is 12.0. The van der Waals surface area contributed by atoms with Crippen molar-refractivity contribution in [2.45, 2.75) is 25.2 Å². The third-order valence-electron chi connectivity index (χ3n) is 2.82. The first-order valence-corrected chi connectivity index (χ1v) is 7.29. The van der Waals surface area contributed by atoms with E-state index in [9.17, 15) is 18.5 Å². The molecule has 0 aromatic heterocycles. The Morgan fingerprint density at radius 3 is 2.63 bits per heavy atom. The van der Waals surface area contributed by atoms with E-state index in [0.29, 0.717) is 0 Å². The van der Waals surface area contributed by atoms with Crippen LogP contribution in [0.5, 0.6) is 0 Å². The van der Waals surface area contributed by atoms with Crippen LogP contribution >= 0.6 is 0 Å². The van der Waals surface area contributed by atoms with Crippen LogP contribution in [0.2, 0.25) is 0 Å². The van der Waals surface area contributed by atoms with Gasteiger partial charge in [-0.3, -0.25) is 10.1 Å². The highest BCUT2D eigenvalue weighted by Gasteiger charge is 2.21. The first-order valence-electron chi connectivity index (χ1n) is 5.81. The third kappa shape index (κ3) is 3.90. The average Bonchev–Trinajstić information content (AvgIpc) is 2.36. The molecule has 0 aliphatic rings. The van der Waals surface area contributed by atoms with Crippen molar-refractivity contribution < 1.29 is 13.3 Å². The van der Waals surface area contributed by atoms with Gasteiger partial charge in [0.25, 0.3) is 5.69 Å². The molecule has 1 rings (SSSR count). The minimum absolute atomic E-state index is 0.0118. The van der Waals surface area contributed by atoms with Crippen LogP contribution in [0.3, 0.4) is 0 Å². The summed E-state index contributed by atoms with van der Waals surface area (Å²) in [6, 6.07) is 3.35. The topological polar surface area (TPSA) is 115 Å². The minimum Gasteiger partial charge on any atom is -0.398 e. The number of sulfonamides is 1. The number of non-ortho nitro benzene ring substituents is 1. The fraction of sp³-hybridized carbons (Fsp3) is 0.455. The molecule has 0 heterocycles. The molecule has 0 aliphatic carbocycles. The highest BCUT2D eigenvalue weighted by molar-refractivity contribution is 7.89. The lowest BCUT2D eigenvalue weighted by molar-refractivity contribution is -0.385. The smallest absolute Gasteiger partial charge is 0.270 e. The molecule has 19 heavy (non-hydrogen) atoms. The highest BCUT2D eigenvalue weighted by atomic mass is 32.2. The molecule has 3 N–H and O–H groups in total. The summed E-state index contributed by atoms with van der Waals surface area (Å²) in [4.78, 5) is 9.73. The quantitative estimate of drug-likeness (QED) is 0.467. The van der Waals surface area contributed by atoms with Crippen LogP contribution in [0.4, 0.5) is 11.4 Å². The Morgan fingerprint density at radius 1 is 1.47 bits per heavy atom. The summed E-state index contributed by atoms with van der Waals surface area (Å²) in [6.45, 7) is 4.11. The van der Waals surface area contributed by atoms with Gasteiger partial charge in [-0.2, -0.15) is 0 Å². The van der Waals surface area contributed by atoms with Crippen LogP contribution in [-0.4, -0.2) is 19.9 Å². The Kier molecular flexibility index (Phi) is 4.84. The molecule has 0 saturated heterocycles. The number of hydrogen-bond donors (Lipinski definition) is 2. The zero-order valence-corrected chi connectivity index (χ0v) is 11.6. The summed E-state index contributed by atoms with van der Waals surface area (Å²) in [5.41, 5.74) is 5.25. The van der Waals surface area contributed by atoms with Crippen LogP contribution in [0.1, 0.15) is 20.3 Å². The van der Waals surface area contributed by atoms with Gasteiger partial charge in [0, 0.05) is 18.7 Å². The predicted molar refractivity (Wildman–Crippen MR) is 72.2 cm³/mol. The van der Waals surface area contributed by atoms with E-state index >= 15 is 0 Å². The van der Waals surface area contributed by atoms with Gasteiger partial charge in [-0.05, 0) is 12.0 Å². The second-order valence-corrected chi connectivity index (χ2v) is 6.08. The lowest BCUT2D eigenvalue weighted by Gasteiger charge is -2.12. The van der Waals surface area contributed by atoms with Crippen molar-refractivity contribution in [1.82, 2.24) is 4.72 Å². The lowest BCUT2D eigenvalue weighted by atomic mass is 10.1. The molecule has 106 valence electrons. The predicted octanol–water partition coefficient (Wildman–Crippen LogP) is 1.50. The van der Waals surface area contributed by atoms with E-state index in [1.165, 1.54) is 12.1 Å². The summed E-state index contributed by atoms with van der Waals surface area (Å²) in [5, 5.41) is 10.7. The molecular formula is C11H17N3O4S. The zero-order valence-electron chi connectivity index (χ0n) is 10.8. The maximum absolute atomic E-state index is 12.0. The summed E-state index contributed by atoms with van der Waals surface area (Å²) in [6.07, 6.45) is 0.826. The summed E-state index contributed by atoms with van der Waals surface area (Å²) in [5.74, 6) is 0.176. The molecule has 0 aliphatic heterocycles. The SMILES string of the molecule is CCC(C)CNS(=O)(=O)c1cc([N+](=O)[O-])ccc1N. The summed E-state index contributed by atoms with van der Waals surface area (Å²) < 4.78 is 26.5. The second kappa shape index (κ2) is 5.98. The number of benzene rings is 1. The van der Waals surface area contributed by atoms with Gasteiger partial charge < -0.3 is 5.73 Å². The number of hydrogen-bond acceptors (Lipinski definition) is 5. The van der Waals surface area contributed by atoms with Crippen molar-refractivity contribution in [3.8, 4) is 0 Å². The Balaban J connectivity index is 3.06. The molecular weight excluding hydrogens is 270 g/mol. The van der Waals surface area contributed by atoms with Crippen LogP contribution in [0.25, 0.3) is 0 Å². The number of rotatable bonds is 6. The standard InChI is InChI=1S/C11H17N3O4S/c1-3-8(2)7-13-19(17,18)11-6-9(14(15)16)4-5-10(11)12/h4-6,8,13H,3,7,12H2,1-2H3. The fourth-order valence-electron chi connectivity index (χ4n) is 1.34. The van der Waals surface area contributed by atoms with Crippen molar-refractivity contribution in [1.29, 1.82) is 0 Å². The van der Waals surface area contributed by atoms with Crippen LogP contribution < -0.4 is 10.5 Å². The number of nitrogens with one attached hydrogen (secondary N) is 1. The molecule has 0 fully saturated rings. The van der Waals surface area contributed by atoms with E-state index in [1.54, 1.807) is 0 Å². The van der Waals surface area contributed by atoms with E-state index in [1.807, 2.05) is 13.8 Å². The Labute approximate surface area is 112 Å². The number of nitro groups is 1. The largest absolute Gasteiger partial charge is 0.398 e. The Hall–Kier alpha value is -1.67. The molecule has 0 radical (unpaired) electrons. The van der Waals surface area contributed by atoms with Gasteiger partial charge in [0.2, 0.25) is 10.0 Å². The maximum Gasteiger partial charge on any atom is 0.270 e. The van der Waals surface area contributed by atoms with Crippen molar-refractivity contribution in [2.75, 3.05) is 12.3 Å². The van der Waals surface area contributed by atoms with Gasteiger partial charge in [0.15, 0.2) is 0 Å². The minimum atomic E-state index is -3.83. The molecule has 0 saturated carbocycles. The van der Waals surface area contributed by atoms with Crippen molar-refractivity contribution in [3.63, 3.8) is 0 Å². The van der Waals surface area contributed by atoms with Gasteiger partial charge in [-0.1, -0.05) is 20.3 Å². The van der Waals surface area contributed by atoms with Crippen LogP contribution in [0, 0.1) is 16.0 Å². The third-order valence-corrected chi connectivity index (χ3v) is 4.30. The molecule has 1 aromatic carbocycles. The molecule has 8 heteroatoms. The van der Waals surface area contributed by atoms with Crippen molar-refractivity contribution in [3.05, 3.63) is 28.3 Å². The monoisotopic (exact) mass is 287 g/mol. The molecule has 0 amide bonds. The van der Waals surface area contributed by atoms with Crippen molar-refractivity contribution >= 4 is 21.4 Å². The first kappa shape index (κ1) is 15.4.